The first-order chi connectivity index (χ1) is 68.9. The van der Waals surface area contributed by atoms with E-state index in [0.29, 0.717) is 12.3 Å². The Bertz CT molecular complexity index is 3230. The maximum Gasteiger partial charge on any atom is 1.00 e. The zero-order chi connectivity index (χ0) is 107. The maximum atomic E-state index is 10.2. The van der Waals surface area contributed by atoms with E-state index in [1.165, 1.54) is 155 Å². The number of hydrogen-bond acceptors (Lipinski definition) is 36. The second-order valence-electron chi connectivity index (χ2n) is 39.3. The van der Waals surface area contributed by atoms with Gasteiger partial charge in [0.05, 0.1) is 49.8 Å². The summed E-state index contributed by atoms with van der Waals surface area (Å²) in [4.78, 5) is 33.5. The molecule has 11 aliphatic rings. The molecule has 10 saturated heterocycles. The molecule has 11 fully saturated rings. The van der Waals surface area contributed by atoms with Crippen LogP contribution in [0.4, 0.5) is 4.79 Å². The van der Waals surface area contributed by atoms with Crippen LogP contribution in [0.5, 0.6) is 0 Å². The van der Waals surface area contributed by atoms with Crippen molar-refractivity contribution in [1.29, 1.82) is 0 Å². The SMILES string of the molecule is CCC1OC(OC)[C@@H](O)[C@H]1O.CCC1OC(OC)[C@H]2OC(C)(C)O[C@@H]12.CCC1OC(OC)[C@H]2OC(C)(C)O[C@@H]12.CCC1OC(OC)[C@H]2OC(C)(C)O[C@@H]12.CCCCC/C=C\C/C=C\CCCCCCCCC1(CCCCCCCC/C=C\C/C=C\CCCCC)OC2C(OC)C[C@@H](CN(C)C)[C@@H]2O1.CN.COC1OC(CO)[C@@H]2OC(C)(C)O[C@H]12.O=C(Cl)OCc1ccccc1.O=CC(O)C(O)C(O)CO.O=CO[O-].[H+].[Na+]. The number of hydrogen-bond donors (Lipinski definition) is 8. The average molecular weight is 2110 g/mol. The van der Waals surface area contributed by atoms with Crippen LogP contribution in [-0.2, 0) is 125 Å². The van der Waals surface area contributed by atoms with Crippen LogP contribution in [0.3, 0.4) is 0 Å². The summed E-state index contributed by atoms with van der Waals surface area (Å²) in [5.74, 6) is -2.09. The topological polar surface area (TPSA) is 457 Å². The number of rotatable bonds is 50. The van der Waals surface area contributed by atoms with Gasteiger partial charge in [-0.2, -0.15) is 0 Å². The van der Waals surface area contributed by atoms with Crippen molar-refractivity contribution in [2.45, 2.75) is 491 Å². The number of aliphatic hydroxyl groups excluding tert-OH is 7. The van der Waals surface area contributed by atoms with Gasteiger partial charge in [0, 0.05) is 79.6 Å². The molecule has 10 heterocycles. The number of carbonyl (C=O) groups is 3. The molecule has 840 valence electrons. The van der Waals surface area contributed by atoms with Crippen molar-refractivity contribution >= 4 is 29.8 Å². The molecule has 1 aromatic rings. The molecule has 9 N–H and O–H groups in total. The minimum atomic E-state index is -1.64. The van der Waals surface area contributed by atoms with Crippen LogP contribution in [0.25, 0.3) is 0 Å². The Balaban J connectivity index is 0.000000907. The summed E-state index contributed by atoms with van der Waals surface area (Å²) in [6.45, 7) is 28.2. The minimum Gasteiger partial charge on any atom is -0.662 e. The molecular weight excluding hydrogens is 1920 g/mol. The molecule has 27 atom stereocenters. The number of fused-ring (bicyclic) bond motifs is 5. The molecule has 145 heavy (non-hydrogen) atoms. The summed E-state index contributed by atoms with van der Waals surface area (Å²) in [7, 11) is 15.6. The van der Waals surface area contributed by atoms with Crippen molar-refractivity contribution in [2.24, 2.45) is 11.7 Å². The van der Waals surface area contributed by atoms with Crippen molar-refractivity contribution in [3.63, 3.8) is 0 Å². The number of halogens is 1. The van der Waals surface area contributed by atoms with Gasteiger partial charge in [-0.05, 0) is 191 Å². The summed E-state index contributed by atoms with van der Waals surface area (Å²) in [5, 5.41) is 70.1. The van der Waals surface area contributed by atoms with E-state index < -0.39 is 84.1 Å². The van der Waals surface area contributed by atoms with E-state index in [-0.39, 0.29) is 173 Å². The first-order valence-corrected chi connectivity index (χ1v) is 53.0. The van der Waals surface area contributed by atoms with Gasteiger partial charge in [0.2, 0.25) is 0 Å². The van der Waals surface area contributed by atoms with E-state index in [2.05, 4.69) is 118 Å². The molecule has 36 nitrogen and oxygen atoms in total. The number of aliphatic hydroxyl groups is 7. The van der Waals surface area contributed by atoms with Crippen molar-refractivity contribution in [3.8, 4) is 0 Å². The third kappa shape index (κ3) is 50.1. The van der Waals surface area contributed by atoms with Crippen molar-refractivity contribution < 1.29 is 195 Å². The number of benzene rings is 1. The van der Waals surface area contributed by atoms with Crippen molar-refractivity contribution in [2.75, 3.05) is 83.6 Å². The van der Waals surface area contributed by atoms with Gasteiger partial charge in [-0.3, -0.25) is 4.79 Å². The van der Waals surface area contributed by atoms with Gasteiger partial charge in [0.1, 0.15) is 98.2 Å². The van der Waals surface area contributed by atoms with Gasteiger partial charge in [-0.1, -0.05) is 198 Å². The third-order valence-electron chi connectivity index (χ3n) is 25.8. The zero-order valence-corrected chi connectivity index (χ0v) is 94.8. The second kappa shape index (κ2) is 76.4. The molecule has 0 bridgehead atoms. The van der Waals surface area contributed by atoms with Crippen molar-refractivity contribution in [3.05, 3.63) is 84.5 Å². The van der Waals surface area contributed by atoms with E-state index in [1.54, 1.807) is 28.4 Å². The predicted octanol–water partition coefficient (Wildman–Crippen LogP) is 11.6. The van der Waals surface area contributed by atoms with Gasteiger partial charge in [0.25, 0.3) is 6.47 Å². The monoisotopic (exact) mass is 2110 g/mol. The number of nitrogens with zero attached hydrogens (tertiary/aromatic N) is 1. The van der Waals surface area contributed by atoms with E-state index >= 15 is 0 Å². The molecule has 1 aromatic carbocycles. The molecule has 0 aromatic heterocycles. The molecule has 1 saturated carbocycles. The quantitative estimate of drug-likeness (QED) is 0.00571. The smallest absolute Gasteiger partial charge is 0.662 e. The van der Waals surface area contributed by atoms with E-state index in [1.807, 2.05) is 99.8 Å². The number of unbranched alkanes of at least 4 members (excludes halogenated alkanes) is 18. The third-order valence-corrected chi connectivity index (χ3v) is 25.9. The van der Waals surface area contributed by atoms with E-state index in [4.69, 9.17) is 147 Å². The van der Waals surface area contributed by atoms with Gasteiger partial charge in [-0.15, -0.1) is 0 Å². The Morgan fingerprint density at radius 3 is 1.10 bits per heavy atom. The average Bonchev–Trinajstić information content (AvgIpc) is 1.71. The number of allylic oxidation sites excluding steroid dienone is 8. The van der Waals surface area contributed by atoms with Gasteiger partial charge < -0.3 is 166 Å². The number of methoxy groups -OCH3 is 6. The number of ether oxygens (including phenoxy) is 22. The Hall–Kier alpha value is -3.16. The Labute approximate surface area is 895 Å². The molecular formula is C107H191ClN2NaO34+. The fourth-order valence-electron chi connectivity index (χ4n) is 18.7. The Morgan fingerprint density at radius 2 is 0.793 bits per heavy atom. The molecule has 10 aliphatic heterocycles. The maximum absolute atomic E-state index is 10.2. The normalized spacial score (nSPS) is 30.8. The van der Waals surface area contributed by atoms with Gasteiger partial charge >= 0.3 is 36.4 Å². The van der Waals surface area contributed by atoms with Gasteiger partial charge in [-0.25, -0.2) is 4.79 Å². The number of nitrogens with two attached hydrogens (primary N) is 1. The van der Waals surface area contributed by atoms with Crippen LogP contribution in [-0.4, -0.2) is 331 Å². The largest absolute Gasteiger partial charge is 1.00 e. The molecule has 1 aliphatic carbocycles. The zero-order valence-electron chi connectivity index (χ0n) is 93.1. The summed E-state index contributed by atoms with van der Waals surface area (Å²) >= 11 is 4.97. The summed E-state index contributed by atoms with van der Waals surface area (Å²) in [6.07, 6.45) is 47.0. The molecule has 0 radical (unpaired) electrons. The van der Waals surface area contributed by atoms with Crippen LogP contribution in [0.2, 0.25) is 0 Å². The second-order valence-corrected chi connectivity index (χ2v) is 39.6. The van der Waals surface area contributed by atoms with Gasteiger partial charge in [0.15, 0.2) is 66.7 Å². The fourth-order valence-corrected chi connectivity index (χ4v) is 18.8. The van der Waals surface area contributed by atoms with Crippen LogP contribution in [0.15, 0.2) is 78.9 Å². The summed E-state index contributed by atoms with van der Waals surface area (Å²) in [6, 6.07) is 9.36. The first-order valence-electron chi connectivity index (χ1n) is 52.6. The van der Waals surface area contributed by atoms with Crippen LogP contribution in [0, 0.1) is 5.92 Å². The van der Waals surface area contributed by atoms with E-state index in [9.17, 15) is 19.8 Å². The van der Waals surface area contributed by atoms with Crippen LogP contribution in [0.1, 0.15) is 303 Å². The Morgan fingerprint density at radius 1 is 0.462 bits per heavy atom. The molecule has 38 heteroatoms. The standard InChI is InChI=1S/C46H83NO3.3C10H18O4.C9H16O5.C8H7ClO2.C7H14O4.C5H10O5.CH5N.CH2O3.Na/c1-6-8-10-12-14-16-18-20-22-24-26-28-30-32-34-36-38-46(49-44-42(41-47(3)4)40-43(48-5)45(44)50-46)39-37-35-33-31-29-27-25-23-21-19-17-15-13-11-9-7-2;3*1-5-6-7-8(9(11-4)12-6)14-10(2,3)13-7;1-9(2)13-6-5(4-10)12-8(11-3)7(6)14-9;9-8(10)11-6-7-4-2-1-3-5-7;1-3-4-5(8)6(9)7(10-2)11-4;6-1-3(8)5(10)4(9)2-7;1-2;2-1-4-3;/h14-17,20-23,42-45H,6-13,18-19,24-41H2,1-5H3;3*6-9H,5H2,1-4H3;5-8,10H,4H2,1-3H3;1-5H,6H2;4-9H,3H2,1-2H3;1,3-5,7-10H,2H2;2H2,1H3;1,3H;/q;;;;;;;;;;+1/b16-14-,17-15-,22-20-,23-21-;;;;;;;;;;/t42-,43?,44-,45?;3*6?,7-,8-,9?;5?,6-,7-,8?;;4?,5-,6-,7?;;;;/m00000.0..../s1. The molecule has 0 amide bonds. The molecule has 0 spiro atoms. The molecule has 12 rings (SSSR count). The fraction of sp³-hybridized carbons (Fsp3) is 0.841. The minimum absolute atomic E-state index is 0. The van der Waals surface area contributed by atoms with Crippen molar-refractivity contribution in [1.82, 2.24) is 4.90 Å². The molecule has 15 unspecified atom stereocenters. The van der Waals surface area contributed by atoms with E-state index in [0.717, 1.165) is 63.5 Å². The number of carbonyl (C=O) groups excluding carboxylic acids is 3. The van der Waals surface area contributed by atoms with Crippen LogP contribution < -0.4 is 40.5 Å². The predicted molar refractivity (Wildman–Crippen MR) is 544 cm³/mol. The summed E-state index contributed by atoms with van der Waals surface area (Å²) < 4.78 is 123. The number of aldehydes is 1. The van der Waals surface area contributed by atoms with Crippen LogP contribution >= 0.6 is 11.6 Å². The Kier molecular flexibility index (Phi) is 72.7. The summed E-state index contributed by atoms with van der Waals surface area (Å²) in [5.41, 5.74) is 4.66. The first kappa shape index (κ1) is 138.